The molecule has 1 fully saturated rings. The van der Waals surface area contributed by atoms with E-state index in [2.05, 4.69) is 27.8 Å². The van der Waals surface area contributed by atoms with Crippen LogP contribution >= 0.6 is 27.7 Å². The van der Waals surface area contributed by atoms with E-state index in [0.29, 0.717) is 4.91 Å². The quantitative estimate of drug-likeness (QED) is 0.533. The Morgan fingerprint density at radius 3 is 2.50 bits per heavy atom. The maximum Gasteiger partial charge on any atom is 0.266 e. The lowest BCUT2D eigenvalue weighted by atomic mass is 10.2. The molecule has 1 aromatic rings. The molecule has 0 aliphatic carbocycles. The number of thioether (sulfide) groups is 1. The van der Waals surface area contributed by atoms with Gasteiger partial charge in [0.25, 0.3) is 5.91 Å². The number of hydrogen-bond donors (Lipinski definition) is 0. The molecule has 1 amide bonds. The number of aliphatic imine (C=N–C) groups is 1. The van der Waals surface area contributed by atoms with Crippen molar-refractivity contribution in [3.63, 3.8) is 0 Å². The Hall–Kier alpha value is -1.27. The van der Waals surface area contributed by atoms with Gasteiger partial charge in [0, 0.05) is 12.1 Å². The summed E-state index contributed by atoms with van der Waals surface area (Å²) in [6, 6.07) is 6.13. The summed E-state index contributed by atoms with van der Waals surface area (Å²) in [6.07, 6.45) is 3.03. The predicted octanol–water partition coefficient (Wildman–Crippen LogP) is 5.72. The van der Waals surface area contributed by atoms with E-state index >= 15 is 0 Å². The second kappa shape index (κ2) is 9.09. The molecule has 0 unspecified atom stereocenters. The fourth-order valence-corrected chi connectivity index (χ4v) is 4.13. The third-order valence-corrected chi connectivity index (χ3v) is 5.50. The zero-order valence-corrected chi connectivity index (χ0v) is 18.6. The van der Waals surface area contributed by atoms with E-state index in [1.54, 1.807) is 4.90 Å². The first-order valence-corrected chi connectivity index (χ1v) is 10.6. The molecular formula is C20H27BrN2O2S. The number of halogens is 1. The first kappa shape index (κ1) is 21.0. The van der Waals surface area contributed by atoms with E-state index < -0.39 is 0 Å². The number of benzene rings is 1. The van der Waals surface area contributed by atoms with Gasteiger partial charge in [-0.3, -0.25) is 14.7 Å². The number of nitrogens with zero attached hydrogens (tertiary/aromatic N) is 2. The minimum absolute atomic E-state index is 0.0143. The highest BCUT2D eigenvalue weighted by Crippen LogP contribution is 2.35. The second-order valence-corrected chi connectivity index (χ2v) is 8.77. The van der Waals surface area contributed by atoms with E-state index in [-0.39, 0.29) is 24.1 Å². The molecule has 4 nitrogen and oxygen atoms in total. The van der Waals surface area contributed by atoms with Gasteiger partial charge in [-0.1, -0.05) is 13.0 Å². The number of carbonyl (C=O) groups excluding carboxylic acids is 1. The maximum atomic E-state index is 12.8. The Bertz CT molecular complexity index is 729. The molecule has 2 rings (SSSR count). The molecule has 6 heteroatoms. The Kier molecular flexibility index (Phi) is 7.35. The maximum absolute atomic E-state index is 12.8. The lowest BCUT2D eigenvalue weighted by Gasteiger charge is -2.20. The molecule has 1 saturated heterocycles. The number of rotatable bonds is 6. The van der Waals surface area contributed by atoms with Crippen molar-refractivity contribution in [1.29, 1.82) is 0 Å². The van der Waals surface area contributed by atoms with Gasteiger partial charge < -0.3 is 4.74 Å². The van der Waals surface area contributed by atoms with Gasteiger partial charge >= 0.3 is 0 Å². The largest absolute Gasteiger partial charge is 0.490 e. The molecule has 0 spiro atoms. The number of hydrogen-bond acceptors (Lipinski definition) is 4. The summed E-state index contributed by atoms with van der Waals surface area (Å²) in [5, 5.41) is 0.780. The van der Waals surface area contributed by atoms with E-state index in [0.717, 1.165) is 27.4 Å². The zero-order chi connectivity index (χ0) is 19.4. The third-order valence-electron chi connectivity index (χ3n) is 3.88. The van der Waals surface area contributed by atoms with Crippen LogP contribution in [0.3, 0.4) is 0 Å². The number of ether oxygens (including phenoxy) is 1. The topological polar surface area (TPSA) is 41.9 Å². The van der Waals surface area contributed by atoms with Gasteiger partial charge in [-0.05, 0) is 92.5 Å². The van der Waals surface area contributed by atoms with Gasteiger partial charge in [-0.15, -0.1) is 0 Å². The fourth-order valence-electron chi connectivity index (χ4n) is 2.41. The molecule has 0 aromatic heterocycles. The summed E-state index contributed by atoms with van der Waals surface area (Å²) in [7, 11) is 0. The average Bonchev–Trinajstić information content (AvgIpc) is 2.84. The lowest BCUT2D eigenvalue weighted by Crippen LogP contribution is -2.35. The van der Waals surface area contributed by atoms with Crippen LogP contribution < -0.4 is 4.74 Å². The van der Waals surface area contributed by atoms with Crippen LogP contribution in [0.15, 0.2) is 32.6 Å². The van der Waals surface area contributed by atoms with E-state index in [1.165, 1.54) is 11.8 Å². The van der Waals surface area contributed by atoms with Crippen molar-refractivity contribution < 1.29 is 9.53 Å². The monoisotopic (exact) mass is 438 g/mol. The van der Waals surface area contributed by atoms with Crippen molar-refractivity contribution in [2.75, 3.05) is 0 Å². The first-order chi connectivity index (χ1) is 12.2. The molecule has 1 atom stereocenters. The highest BCUT2D eigenvalue weighted by atomic mass is 79.9. The van der Waals surface area contributed by atoms with Crippen molar-refractivity contribution >= 4 is 44.8 Å². The Morgan fingerprint density at radius 1 is 1.27 bits per heavy atom. The van der Waals surface area contributed by atoms with Crippen LogP contribution in [0, 0.1) is 0 Å². The average molecular weight is 439 g/mol. The van der Waals surface area contributed by atoms with Crippen LogP contribution in [-0.2, 0) is 4.79 Å². The lowest BCUT2D eigenvalue weighted by molar-refractivity contribution is -0.123. The van der Waals surface area contributed by atoms with Gasteiger partial charge in [0.15, 0.2) is 5.17 Å². The molecule has 1 aliphatic heterocycles. The Morgan fingerprint density at radius 2 is 1.96 bits per heavy atom. The SMILES string of the molecule is CC[C@H](C)Oc1ccc(/C=C2/SC(=NC(C)C)N(C(C)C)C2=O)cc1Br. The Labute approximate surface area is 169 Å². The van der Waals surface area contributed by atoms with Crippen LogP contribution in [0.25, 0.3) is 6.08 Å². The van der Waals surface area contributed by atoms with Crippen molar-refractivity contribution in [3.8, 4) is 5.75 Å². The van der Waals surface area contributed by atoms with Gasteiger partial charge in [0.05, 0.1) is 15.5 Å². The molecule has 0 N–H and O–H groups in total. The van der Waals surface area contributed by atoms with Crippen molar-refractivity contribution in [2.24, 2.45) is 4.99 Å². The summed E-state index contributed by atoms with van der Waals surface area (Å²) in [5.74, 6) is 0.832. The molecule has 26 heavy (non-hydrogen) atoms. The van der Waals surface area contributed by atoms with Gasteiger partial charge in [0.1, 0.15) is 5.75 Å². The molecule has 1 aliphatic rings. The van der Waals surface area contributed by atoms with Crippen LogP contribution in [-0.4, -0.2) is 34.2 Å². The standard InChI is InChI=1S/C20H27BrN2O2S/c1-7-14(6)25-17-9-8-15(10-16(17)21)11-18-19(24)23(13(4)5)20(26-18)22-12(2)3/h8-14H,7H2,1-6H3/b18-11+,22-20?/t14-/m0/s1. The third kappa shape index (κ3) is 5.13. The van der Waals surface area contributed by atoms with Crippen molar-refractivity contribution in [2.45, 2.75) is 66.2 Å². The number of carbonyl (C=O) groups is 1. The minimum Gasteiger partial charge on any atom is -0.490 e. The first-order valence-electron chi connectivity index (χ1n) is 9.00. The summed E-state index contributed by atoms with van der Waals surface area (Å²) >= 11 is 5.01. The van der Waals surface area contributed by atoms with Crippen molar-refractivity contribution in [3.05, 3.63) is 33.1 Å². The molecule has 142 valence electrons. The molecule has 1 aromatic carbocycles. The molecular weight excluding hydrogens is 412 g/mol. The highest BCUT2D eigenvalue weighted by molar-refractivity contribution is 9.10. The van der Waals surface area contributed by atoms with E-state index in [4.69, 9.17) is 4.74 Å². The van der Waals surface area contributed by atoms with Crippen LogP contribution in [0.5, 0.6) is 5.75 Å². The zero-order valence-electron chi connectivity index (χ0n) is 16.2. The second-order valence-electron chi connectivity index (χ2n) is 6.91. The summed E-state index contributed by atoms with van der Waals surface area (Å²) < 4.78 is 6.77. The smallest absolute Gasteiger partial charge is 0.266 e. The fraction of sp³-hybridized carbons (Fsp3) is 0.500. The summed E-state index contributed by atoms with van der Waals surface area (Å²) in [5.41, 5.74) is 0.957. The molecule has 0 radical (unpaired) electrons. The van der Waals surface area contributed by atoms with E-state index in [1.807, 2.05) is 58.9 Å². The summed E-state index contributed by atoms with van der Waals surface area (Å²) in [4.78, 5) is 19.9. The molecule has 0 saturated carbocycles. The minimum atomic E-state index is 0.0143. The van der Waals surface area contributed by atoms with Gasteiger partial charge in [0.2, 0.25) is 0 Å². The number of amides is 1. The van der Waals surface area contributed by atoms with E-state index in [9.17, 15) is 4.79 Å². The van der Waals surface area contributed by atoms with Crippen molar-refractivity contribution in [1.82, 2.24) is 4.90 Å². The highest BCUT2D eigenvalue weighted by Gasteiger charge is 2.35. The summed E-state index contributed by atoms with van der Waals surface area (Å²) in [6.45, 7) is 12.2. The molecule has 0 bridgehead atoms. The number of amidine groups is 1. The van der Waals surface area contributed by atoms with Gasteiger partial charge in [-0.2, -0.15) is 0 Å². The van der Waals surface area contributed by atoms with Crippen LogP contribution in [0.1, 0.15) is 53.5 Å². The molecule has 1 heterocycles. The Balaban J connectivity index is 2.29. The normalized spacial score (nSPS) is 19.3. The predicted molar refractivity (Wildman–Crippen MR) is 115 cm³/mol. The van der Waals surface area contributed by atoms with Crippen LogP contribution in [0.4, 0.5) is 0 Å². The van der Waals surface area contributed by atoms with Crippen LogP contribution in [0.2, 0.25) is 0 Å². The van der Waals surface area contributed by atoms with Gasteiger partial charge in [-0.25, -0.2) is 0 Å².